The minimum Gasteiger partial charge on any atom is -0.493 e. The Hall–Kier alpha value is -3.22. The van der Waals surface area contributed by atoms with Crippen LogP contribution in [-0.2, 0) is 12.8 Å². The van der Waals surface area contributed by atoms with E-state index in [1.807, 2.05) is 0 Å². The molecule has 4 aromatic rings. The summed E-state index contributed by atoms with van der Waals surface area (Å²) in [6.07, 6.45) is 15.9. The minimum absolute atomic E-state index is 0.135. The Labute approximate surface area is 301 Å². The van der Waals surface area contributed by atoms with Crippen LogP contribution in [0.5, 0.6) is 23.0 Å². The molecule has 0 aromatic heterocycles. The molecule has 0 amide bonds. The third-order valence-corrected chi connectivity index (χ3v) is 9.59. The van der Waals surface area contributed by atoms with Gasteiger partial charge in [-0.3, -0.25) is 0 Å². The molecule has 0 aliphatic heterocycles. The SMILES string of the molecule is CCCCCOc1cc2c(cc1CCCO)c1cc(OCCCCC)c(OCCCCC)cc1c1cc(CCCO)c(OCCCCC)cc12. The van der Waals surface area contributed by atoms with Crippen molar-refractivity contribution >= 4 is 32.3 Å². The molecule has 4 rings (SSSR count). The Kier molecular flexibility index (Phi) is 17.3. The highest BCUT2D eigenvalue weighted by atomic mass is 16.5. The fourth-order valence-corrected chi connectivity index (χ4v) is 6.71. The highest BCUT2D eigenvalue weighted by Gasteiger charge is 2.19. The summed E-state index contributed by atoms with van der Waals surface area (Å²) in [5, 5.41) is 26.4. The lowest BCUT2D eigenvalue weighted by Gasteiger charge is -2.20. The molecule has 0 heterocycles. The molecule has 0 unspecified atom stereocenters. The number of rotatable bonds is 26. The van der Waals surface area contributed by atoms with Crippen molar-refractivity contribution in [1.29, 1.82) is 0 Å². The van der Waals surface area contributed by atoms with Crippen LogP contribution in [0.15, 0.2) is 36.4 Å². The second-order valence-electron chi connectivity index (χ2n) is 13.7. The third kappa shape index (κ3) is 10.9. The van der Waals surface area contributed by atoms with E-state index in [0.717, 1.165) is 156 Å². The van der Waals surface area contributed by atoms with Gasteiger partial charge in [-0.15, -0.1) is 0 Å². The molecule has 0 radical (unpaired) electrons. The van der Waals surface area contributed by atoms with Crippen LogP contribution in [0.2, 0.25) is 0 Å². The lowest BCUT2D eigenvalue weighted by Crippen LogP contribution is -2.04. The Morgan fingerprint density at radius 2 is 0.640 bits per heavy atom. The predicted octanol–water partition coefficient (Wildman–Crippen LogP) is 11.3. The van der Waals surface area contributed by atoms with Gasteiger partial charge in [-0.25, -0.2) is 0 Å². The zero-order valence-electron chi connectivity index (χ0n) is 31.5. The number of aryl methyl sites for hydroxylation is 2. The maximum absolute atomic E-state index is 9.80. The van der Waals surface area contributed by atoms with E-state index >= 15 is 0 Å². The van der Waals surface area contributed by atoms with E-state index < -0.39 is 0 Å². The number of aliphatic hydroxyl groups excluding tert-OH is 2. The van der Waals surface area contributed by atoms with Crippen LogP contribution in [0.1, 0.15) is 129 Å². The van der Waals surface area contributed by atoms with Gasteiger partial charge in [0, 0.05) is 13.2 Å². The van der Waals surface area contributed by atoms with Crippen molar-refractivity contribution in [2.75, 3.05) is 39.6 Å². The van der Waals surface area contributed by atoms with E-state index in [-0.39, 0.29) is 13.2 Å². The number of hydrogen-bond donors (Lipinski definition) is 2. The summed E-state index contributed by atoms with van der Waals surface area (Å²) in [4.78, 5) is 0. The van der Waals surface area contributed by atoms with Gasteiger partial charge in [-0.2, -0.15) is 0 Å². The van der Waals surface area contributed by atoms with E-state index in [4.69, 9.17) is 18.9 Å². The zero-order valence-corrected chi connectivity index (χ0v) is 31.5. The average molecular weight is 689 g/mol. The van der Waals surface area contributed by atoms with Crippen LogP contribution in [0.25, 0.3) is 32.3 Å². The number of fused-ring (bicyclic) bond motifs is 6. The monoisotopic (exact) mass is 688 g/mol. The van der Waals surface area contributed by atoms with Crippen LogP contribution in [0, 0.1) is 0 Å². The fraction of sp³-hybridized carbons (Fsp3) is 0.591. The summed E-state index contributed by atoms with van der Waals surface area (Å²) >= 11 is 0. The van der Waals surface area contributed by atoms with E-state index in [9.17, 15) is 10.2 Å². The summed E-state index contributed by atoms with van der Waals surface area (Å²) in [5.41, 5.74) is 2.23. The summed E-state index contributed by atoms with van der Waals surface area (Å²) in [5.74, 6) is 3.37. The number of hydrogen-bond acceptors (Lipinski definition) is 6. The summed E-state index contributed by atoms with van der Waals surface area (Å²) in [7, 11) is 0. The Balaban J connectivity index is 2.01. The van der Waals surface area contributed by atoms with Gasteiger partial charge in [0.2, 0.25) is 0 Å². The molecule has 0 aliphatic carbocycles. The van der Waals surface area contributed by atoms with Crippen LogP contribution in [0.4, 0.5) is 0 Å². The number of aliphatic hydroxyl groups is 2. The van der Waals surface area contributed by atoms with Crippen LogP contribution >= 0.6 is 0 Å². The smallest absolute Gasteiger partial charge is 0.161 e. The van der Waals surface area contributed by atoms with Crippen LogP contribution < -0.4 is 18.9 Å². The molecule has 50 heavy (non-hydrogen) atoms. The van der Waals surface area contributed by atoms with Crippen molar-refractivity contribution < 1.29 is 29.2 Å². The van der Waals surface area contributed by atoms with Crippen molar-refractivity contribution in [2.24, 2.45) is 0 Å². The molecule has 2 N–H and O–H groups in total. The van der Waals surface area contributed by atoms with Crippen molar-refractivity contribution in [1.82, 2.24) is 0 Å². The molecule has 0 fully saturated rings. The highest BCUT2D eigenvalue weighted by Crippen LogP contribution is 2.45. The highest BCUT2D eigenvalue weighted by molar-refractivity contribution is 6.26. The molecular formula is C44H64O6. The quantitative estimate of drug-likeness (QED) is 0.0505. The first kappa shape index (κ1) is 39.6. The summed E-state index contributed by atoms with van der Waals surface area (Å²) < 4.78 is 26.0. The Bertz CT molecular complexity index is 1460. The molecule has 4 aromatic carbocycles. The van der Waals surface area contributed by atoms with E-state index in [2.05, 4.69) is 64.1 Å². The number of ether oxygens (including phenoxy) is 4. The molecular weight excluding hydrogens is 624 g/mol. The van der Waals surface area contributed by atoms with Gasteiger partial charge in [0.1, 0.15) is 11.5 Å². The molecule has 0 bridgehead atoms. The maximum atomic E-state index is 9.80. The molecule has 276 valence electrons. The first-order valence-corrected chi connectivity index (χ1v) is 19.9. The third-order valence-electron chi connectivity index (χ3n) is 9.59. The molecule has 0 aliphatic rings. The van der Waals surface area contributed by atoms with Gasteiger partial charge in [0.05, 0.1) is 26.4 Å². The summed E-state index contributed by atoms with van der Waals surface area (Å²) in [6.45, 7) is 11.7. The maximum Gasteiger partial charge on any atom is 0.161 e. The standard InChI is InChI=1S/C44H64O6/c1-5-9-13-23-47-41-29-37-35(27-33(41)19-17-21-45)39-31-43(49-25-15-11-7-3)44(50-26-16-12-8-4)32-40(39)36-28-34(20-18-22-46)42(30-38(36)37)48-24-14-10-6-2/h27-32,45-46H,5-26H2,1-4H3. The van der Waals surface area contributed by atoms with Crippen LogP contribution in [-0.4, -0.2) is 49.9 Å². The van der Waals surface area contributed by atoms with Gasteiger partial charge in [0.15, 0.2) is 11.5 Å². The molecule has 0 saturated heterocycles. The fourth-order valence-electron chi connectivity index (χ4n) is 6.71. The minimum atomic E-state index is 0.135. The number of benzene rings is 4. The van der Waals surface area contributed by atoms with E-state index in [1.165, 1.54) is 0 Å². The lowest BCUT2D eigenvalue weighted by molar-refractivity contribution is 0.260. The van der Waals surface area contributed by atoms with Crippen molar-refractivity contribution in [3.8, 4) is 23.0 Å². The van der Waals surface area contributed by atoms with Gasteiger partial charge >= 0.3 is 0 Å². The van der Waals surface area contributed by atoms with E-state index in [1.54, 1.807) is 0 Å². The van der Waals surface area contributed by atoms with Crippen LogP contribution in [0.3, 0.4) is 0 Å². The largest absolute Gasteiger partial charge is 0.493 e. The molecule has 0 atom stereocenters. The first-order valence-electron chi connectivity index (χ1n) is 19.9. The van der Waals surface area contributed by atoms with Crippen molar-refractivity contribution in [3.05, 3.63) is 47.5 Å². The number of unbranched alkanes of at least 4 members (excludes halogenated alkanes) is 8. The van der Waals surface area contributed by atoms with Gasteiger partial charge in [-0.1, -0.05) is 79.1 Å². The van der Waals surface area contributed by atoms with Gasteiger partial charge < -0.3 is 29.2 Å². The molecule has 6 heteroatoms. The lowest BCUT2D eigenvalue weighted by atomic mass is 9.90. The zero-order chi connectivity index (χ0) is 35.6. The average Bonchev–Trinajstić information content (AvgIpc) is 3.13. The second kappa shape index (κ2) is 21.9. The Morgan fingerprint density at radius 1 is 0.360 bits per heavy atom. The molecule has 0 saturated carbocycles. The first-order chi connectivity index (χ1) is 24.6. The Morgan fingerprint density at radius 3 is 0.940 bits per heavy atom. The second-order valence-corrected chi connectivity index (χ2v) is 13.7. The van der Waals surface area contributed by atoms with E-state index in [0.29, 0.717) is 39.3 Å². The predicted molar refractivity (Wildman–Crippen MR) is 210 cm³/mol. The normalized spacial score (nSPS) is 11.6. The van der Waals surface area contributed by atoms with Crippen molar-refractivity contribution in [3.63, 3.8) is 0 Å². The van der Waals surface area contributed by atoms with Crippen molar-refractivity contribution in [2.45, 2.75) is 130 Å². The molecule has 6 nitrogen and oxygen atoms in total. The topological polar surface area (TPSA) is 77.4 Å². The van der Waals surface area contributed by atoms with Gasteiger partial charge in [0.25, 0.3) is 0 Å². The van der Waals surface area contributed by atoms with Gasteiger partial charge in [-0.05, 0) is 131 Å². The molecule has 0 spiro atoms. The summed E-state index contributed by atoms with van der Waals surface area (Å²) in [6, 6.07) is 13.4.